The lowest BCUT2D eigenvalue weighted by Crippen LogP contribution is -2.21. The van der Waals surface area contributed by atoms with E-state index in [2.05, 4.69) is 5.32 Å². The maximum Gasteiger partial charge on any atom is 0.227 e. The van der Waals surface area contributed by atoms with Gasteiger partial charge in [0.25, 0.3) is 0 Å². The number of rotatable bonds is 4. The molecule has 0 saturated carbocycles. The zero-order valence-electron chi connectivity index (χ0n) is 9.09. The van der Waals surface area contributed by atoms with Gasteiger partial charge >= 0.3 is 0 Å². The van der Waals surface area contributed by atoms with Gasteiger partial charge in [-0.05, 0) is 31.0 Å². The van der Waals surface area contributed by atoms with Crippen molar-refractivity contribution in [2.24, 2.45) is 5.92 Å². The van der Waals surface area contributed by atoms with E-state index in [4.69, 9.17) is 0 Å². The largest absolute Gasteiger partial charge is 0.326 e. The summed E-state index contributed by atoms with van der Waals surface area (Å²) < 4.78 is 12.8. The number of halogens is 1. The van der Waals surface area contributed by atoms with Gasteiger partial charge in [-0.2, -0.15) is 0 Å². The van der Waals surface area contributed by atoms with Crippen LogP contribution in [0.1, 0.15) is 26.7 Å². The maximum absolute atomic E-state index is 12.8. The summed E-state index contributed by atoms with van der Waals surface area (Å²) in [5.41, 5.74) is 0.520. The second-order valence-electron chi connectivity index (χ2n) is 3.51. The zero-order chi connectivity index (χ0) is 11.3. The van der Waals surface area contributed by atoms with Crippen molar-refractivity contribution in [2.75, 3.05) is 5.32 Å². The summed E-state index contributed by atoms with van der Waals surface area (Å²) in [7, 11) is 0. The first kappa shape index (κ1) is 11.7. The summed E-state index contributed by atoms with van der Waals surface area (Å²) in [5, 5.41) is 2.71. The third kappa shape index (κ3) is 3.35. The molecule has 3 heteroatoms. The van der Waals surface area contributed by atoms with Crippen LogP contribution in [0.5, 0.6) is 0 Å². The molecule has 0 saturated heterocycles. The first-order valence-electron chi connectivity index (χ1n) is 5.23. The van der Waals surface area contributed by atoms with Gasteiger partial charge in [-0.3, -0.25) is 4.79 Å². The van der Waals surface area contributed by atoms with Crippen LogP contribution >= 0.6 is 0 Å². The van der Waals surface area contributed by atoms with Crippen LogP contribution in [0, 0.1) is 11.7 Å². The van der Waals surface area contributed by atoms with E-state index in [0.717, 1.165) is 12.8 Å². The molecular formula is C12H16FNO. The fourth-order valence-corrected chi connectivity index (χ4v) is 1.47. The van der Waals surface area contributed by atoms with Crippen LogP contribution in [0.15, 0.2) is 24.3 Å². The lowest BCUT2D eigenvalue weighted by Gasteiger charge is -2.12. The summed E-state index contributed by atoms with van der Waals surface area (Å²) in [6.45, 7) is 3.94. The lowest BCUT2D eigenvalue weighted by atomic mass is 10.0. The van der Waals surface area contributed by atoms with Crippen molar-refractivity contribution in [1.29, 1.82) is 0 Å². The number of anilines is 1. The molecule has 0 atom stereocenters. The number of amides is 1. The van der Waals surface area contributed by atoms with Crippen molar-refractivity contribution < 1.29 is 9.18 Å². The minimum atomic E-state index is -0.336. The first-order valence-corrected chi connectivity index (χ1v) is 5.23. The van der Waals surface area contributed by atoms with Crippen molar-refractivity contribution in [1.82, 2.24) is 0 Å². The highest BCUT2D eigenvalue weighted by molar-refractivity contribution is 5.92. The van der Waals surface area contributed by atoms with E-state index in [9.17, 15) is 9.18 Å². The second-order valence-corrected chi connectivity index (χ2v) is 3.51. The minimum absolute atomic E-state index is 0.00765. The molecule has 0 aliphatic carbocycles. The Kier molecular flexibility index (Phi) is 4.28. The van der Waals surface area contributed by atoms with Gasteiger partial charge in [0.2, 0.25) is 5.91 Å². The summed E-state index contributed by atoms with van der Waals surface area (Å²) in [6.07, 6.45) is 1.61. The molecule has 0 fully saturated rings. The predicted octanol–water partition coefficient (Wildman–Crippen LogP) is 3.20. The van der Waals surface area contributed by atoms with Crippen LogP contribution < -0.4 is 5.32 Å². The Morgan fingerprint density at radius 1 is 1.40 bits per heavy atom. The molecule has 1 rings (SSSR count). The van der Waals surface area contributed by atoms with Crippen LogP contribution in [-0.2, 0) is 4.79 Å². The van der Waals surface area contributed by atoms with Crippen LogP contribution in [0.4, 0.5) is 10.1 Å². The highest BCUT2D eigenvalue weighted by atomic mass is 19.1. The molecule has 1 N–H and O–H groups in total. The molecular weight excluding hydrogens is 193 g/mol. The number of hydrogen-bond donors (Lipinski definition) is 1. The first-order chi connectivity index (χ1) is 7.17. The Labute approximate surface area is 89.5 Å². The SMILES string of the molecule is CCC(CC)C(=O)Nc1cccc(F)c1. The lowest BCUT2D eigenvalue weighted by molar-refractivity contribution is -0.120. The molecule has 0 aliphatic rings. The van der Waals surface area contributed by atoms with E-state index in [1.165, 1.54) is 12.1 Å². The number of hydrogen-bond acceptors (Lipinski definition) is 1. The predicted molar refractivity (Wildman–Crippen MR) is 59.1 cm³/mol. The fraction of sp³-hybridized carbons (Fsp3) is 0.417. The molecule has 1 aromatic rings. The molecule has 0 radical (unpaired) electrons. The smallest absolute Gasteiger partial charge is 0.227 e. The Morgan fingerprint density at radius 2 is 2.07 bits per heavy atom. The van der Waals surface area contributed by atoms with Crippen LogP contribution in [0.25, 0.3) is 0 Å². The fourth-order valence-electron chi connectivity index (χ4n) is 1.47. The van der Waals surface area contributed by atoms with Gasteiger partial charge in [0, 0.05) is 11.6 Å². The van der Waals surface area contributed by atoms with E-state index in [0.29, 0.717) is 5.69 Å². The average molecular weight is 209 g/mol. The molecule has 0 spiro atoms. The van der Waals surface area contributed by atoms with Gasteiger partial charge in [-0.1, -0.05) is 19.9 Å². The molecule has 15 heavy (non-hydrogen) atoms. The quantitative estimate of drug-likeness (QED) is 0.810. The van der Waals surface area contributed by atoms with Crippen molar-refractivity contribution in [3.63, 3.8) is 0 Å². The Morgan fingerprint density at radius 3 is 2.60 bits per heavy atom. The molecule has 0 unspecified atom stereocenters. The molecule has 0 aromatic heterocycles. The molecule has 0 aliphatic heterocycles. The normalized spacial score (nSPS) is 10.4. The number of carbonyl (C=O) groups is 1. The van der Waals surface area contributed by atoms with Crippen LogP contribution in [0.2, 0.25) is 0 Å². The molecule has 1 aromatic carbocycles. The summed E-state index contributed by atoms with van der Waals surface area (Å²) in [6, 6.07) is 5.94. The van der Waals surface area contributed by atoms with Crippen molar-refractivity contribution >= 4 is 11.6 Å². The van der Waals surface area contributed by atoms with Gasteiger partial charge in [0.1, 0.15) is 5.82 Å². The van der Waals surface area contributed by atoms with Crippen molar-refractivity contribution in [3.8, 4) is 0 Å². The van der Waals surface area contributed by atoms with Crippen molar-refractivity contribution in [2.45, 2.75) is 26.7 Å². The van der Waals surface area contributed by atoms with Gasteiger partial charge in [-0.15, -0.1) is 0 Å². The third-order valence-electron chi connectivity index (χ3n) is 2.45. The minimum Gasteiger partial charge on any atom is -0.326 e. The van der Waals surface area contributed by atoms with Gasteiger partial charge in [-0.25, -0.2) is 4.39 Å². The average Bonchev–Trinajstić information content (AvgIpc) is 2.19. The van der Waals surface area contributed by atoms with Crippen molar-refractivity contribution in [3.05, 3.63) is 30.1 Å². The van der Waals surface area contributed by atoms with Crippen LogP contribution in [-0.4, -0.2) is 5.91 Å². The molecule has 1 amide bonds. The topological polar surface area (TPSA) is 29.1 Å². The standard InChI is InChI=1S/C12H16FNO/c1-3-9(4-2)12(15)14-11-7-5-6-10(13)8-11/h5-9H,3-4H2,1-2H3,(H,14,15). The molecule has 82 valence electrons. The molecule has 0 heterocycles. The van der Waals surface area contributed by atoms with E-state index < -0.39 is 0 Å². The number of nitrogens with one attached hydrogen (secondary N) is 1. The number of benzene rings is 1. The van der Waals surface area contributed by atoms with Gasteiger partial charge in [0.15, 0.2) is 0 Å². The van der Waals surface area contributed by atoms with E-state index in [1.54, 1.807) is 12.1 Å². The van der Waals surface area contributed by atoms with Gasteiger partial charge in [0.05, 0.1) is 0 Å². The molecule has 0 bridgehead atoms. The summed E-state index contributed by atoms with van der Waals surface area (Å²) >= 11 is 0. The second kappa shape index (κ2) is 5.49. The Balaban J connectivity index is 2.65. The highest BCUT2D eigenvalue weighted by Crippen LogP contribution is 2.14. The maximum atomic E-state index is 12.8. The highest BCUT2D eigenvalue weighted by Gasteiger charge is 2.13. The zero-order valence-corrected chi connectivity index (χ0v) is 9.09. The molecule has 2 nitrogen and oxygen atoms in total. The van der Waals surface area contributed by atoms with E-state index >= 15 is 0 Å². The van der Waals surface area contributed by atoms with Crippen LogP contribution in [0.3, 0.4) is 0 Å². The Bertz CT molecular complexity index is 334. The van der Waals surface area contributed by atoms with E-state index in [-0.39, 0.29) is 17.6 Å². The third-order valence-corrected chi connectivity index (χ3v) is 2.45. The number of carbonyl (C=O) groups excluding carboxylic acids is 1. The summed E-state index contributed by atoms with van der Waals surface area (Å²) in [4.78, 5) is 11.7. The van der Waals surface area contributed by atoms with E-state index in [1.807, 2.05) is 13.8 Å². The monoisotopic (exact) mass is 209 g/mol. The summed E-state index contributed by atoms with van der Waals surface area (Å²) in [5.74, 6) is -0.365. The Hall–Kier alpha value is -1.38. The van der Waals surface area contributed by atoms with Gasteiger partial charge < -0.3 is 5.32 Å².